The van der Waals surface area contributed by atoms with Gasteiger partial charge in [-0.25, -0.2) is 0 Å². The molecule has 0 saturated heterocycles. The molecule has 0 spiro atoms. The molecule has 0 amide bonds. The van der Waals surface area contributed by atoms with Crippen LogP contribution in [0.15, 0.2) is 60.7 Å². The highest BCUT2D eigenvalue weighted by Crippen LogP contribution is 2.08. The van der Waals surface area contributed by atoms with E-state index in [1.807, 2.05) is 0 Å². The van der Waals surface area contributed by atoms with E-state index in [0.717, 1.165) is 8.58 Å². The van der Waals surface area contributed by atoms with Crippen LogP contribution in [0.25, 0.3) is 0 Å². The van der Waals surface area contributed by atoms with E-state index in [-0.39, 0.29) is 8.41 Å². The lowest BCUT2D eigenvalue weighted by molar-refractivity contribution is 1.76. The second-order valence-corrected chi connectivity index (χ2v) is 4.26. The zero-order valence-electron chi connectivity index (χ0n) is 7.85. The van der Waals surface area contributed by atoms with Crippen molar-refractivity contribution in [3.8, 4) is 0 Å². The van der Waals surface area contributed by atoms with E-state index in [2.05, 4.69) is 60.7 Å². The van der Waals surface area contributed by atoms with Crippen molar-refractivity contribution in [2.75, 3.05) is 0 Å². The lowest BCUT2D eigenvalue weighted by Crippen LogP contribution is -2.01. The summed E-state index contributed by atoms with van der Waals surface area (Å²) in [7, 11) is 0.777. The van der Waals surface area contributed by atoms with Gasteiger partial charge in [-0.05, 0) is 10.6 Å². The van der Waals surface area contributed by atoms with Gasteiger partial charge in [0, 0.05) is 8.41 Å². The fraction of sp³-hybridized carbons (Fsp3) is 0. The third-order valence-electron chi connectivity index (χ3n) is 1.84. The van der Waals surface area contributed by atoms with Gasteiger partial charge in [-0.1, -0.05) is 69.2 Å². The maximum atomic E-state index is 2.17. The van der Waals surface area contributed by atoms with Crippen LogP contribution in [0.3, 0.4) is 0 Å². The van der Waals surface area contributed by atoms with Gasteiger partial charge in [-0.15, -0.1) is 0 Å². The summed E-state index contributed by atoms with van der Waals surface area (Å²) in [5.74, 6) is 0. The van der Waals surface area contributed by atoms with E-state index in [1.165, 1.54) is 10.6 Å². The molecule has 2 heteroatoms. The SMILES string of the molecule is [B].c1ccc(Pc2ccccc2)cc1. The first-order chi connectivity index (χ1) is 6.45. The monoisotopic (exact) mass is 197 g/mol. The van der Waals surface area contributed by atoms with E-state index in [1.54, 1.807) is 0 Å². The summed E-state index contributed by atoms with van der Waals surface area (Å²) in [5.41, 5.74) is 0. The van der Waals surface area contributed by atoms with Crippen LogP contribution in [0.5, 0.6) is 0 Å². The van der Waals surface area contributed by atoms with Gasteiger partial charge >= 0.3 is 0 Å². The standard InChI is InChI=1S/C12H11P.B/c1-3-7-11(8-4-1)13-12-9-5-2-6-10-12;/h1-10,13H;. The number of rotatable bonds is 2. The Balaban J connectivity index is 0.000000980. The van der Waals surface area contributed by atoms with Gasteiger partial charge in [0.15, 0.2) is 0 Å². The highest BCUT2D eigenvalue weighted by molar-refractivity contribution is 7.55. The average molecular weight is 197 g/mol. The van der Waals surface area contributed by atoms with Crippen molar-refractivity contribution in [3.05, 3.63) is 60.7 Å². The van der Waals surface area contributed by atoms with Gasteiger partial charge in [0.05, 0.1) is 0 Å². The van der Waals surface area contributed by atoms with Gasteiger partial charge in [0.2, 0.25) is 0 Å². The quantitative estimate of drug-likeness (QED) is 0.509. The summed E-state index contributed by atoms with van der Waals surface area (Å²) in [6, 6.07) is 21.2. The Labute approximate surface area is 88.7 Å². The Bertz CT molecular complexity index is 321. The van der Waals surface area contributed by atoms with Crippen LogP contribution >= 0.6 is 8.58 Å². The Morgan fingerprint density at radius 3 is 1.29 bits per heavy atom. The summed E-state index contributed by atoms with van der Waals surface area (Å²) in [4.78, 5) is 0. The molecule has 2 rings (SSSR count). The molecule has 0 aliphatic carbocycles. The lowest BCUT2D eigenvalue weighted by atomic mass is 10.4. The van der Waals surface area contributed by atoms with Gasteiger partial charge in [-0.3, -0.25) is 0 Å². The number of hydrogen-bond donors (Lipinski definition) is 0. The van der Waals surface area contributed by atoms with Crippen molar-refractivity contribution in [1.82, 2.24) is 0 Å². The molecule has 0 bridgehead atoms. The molecule has 0 unspecified atom stereocenters. The van der Waals surface area contributed by atoms with Crippen molar-refractivity contribution >= 4 is 27.6 Å². The number of benzene rings is 2. The maximum Gasteiger partial charge on any atom is 0 e. The predicted octanol–water partition coefficient (Wildman–Crippen LogP) is 1.94. The minimum absolute atomic E-state index is 0. The highest BCUT2D eigenvalue weighted by atomic mass is 31.1. The van der Waals surface area contributed by atoms with Crippen LogP contribution in [-0.4, -0.2) is 8.41 Å². The largest absolute Gasteiger partial charge is 0.0622 e. The smallest absolute Gasteiger partial charge is 0 e. The molecule has 0 aromatic heterocycles. The van der Waals surface area contributed by atoms with Gasteiger partial charge in [0.25, 0.3) is 0 Å². The van der Waals surface area contributed by atoms with Crippen molar-refractivity contribution in [2.24, 2.45) is 0 Å². The van der Waals surface area contributed by atoms with E-state index < -0.39 is 0 Å². The third-order valence-corrected chi connectivity index (χ3v) is 3.08. The van der Waals surface area contributed by atoms with Crippen LogP contribution in [-0.2, 0) is 0 Å². The highest BCUT2D eigenvalue weighted by Gasteiger charge is 1.92. The molecule has 0 aliphatic rings. The van der Waals surface area contributed by atoms with Crippen LogP contribution < -0.4 is 10.6 Å². The normalized spacial score (nSPS) is 9.14. The molecule has 2 aromatic carbocycles. The van der Waals surface area contributed by atoms with Crippen molar-refractivity contribution < 1.29 is 0 Å². The van der Waals surface area contributed by atoms with Gasteiger partial charge in [-0.2, -0.15) is 0 Å². The second-order valence-electron chi connectivity index (χ2n) is 2.86. The molecule has 0 saturated carbocycles. The summed E-state index contributed by atoms with van der Waals surface area (Å²) < 4.78 is 0. The van der Waals surface area contributed by atoms with E-state index >= 15 is 0 Å². The summed E-state index contributed by atoms with van der Waals surface area (Å²) in [6.07, 6.45) is 0. The predicted molar refractivity (Wildman–Crippen MR) is 66.2 cm³/mol. The summed E-state index contributed by atoms with van der Waals surface area (Å²) in [5, 5.41) is 2.79. The first-order valence-corrected chi connectivity index (χ1v) is 5.32. The van der Waals surface area contributed by atoms with Crippen molar-refractivity contribution in [1.29, 1.82) is 0 Å². The Morgan fingerprint density at radius 2 is 0.929 bits per heavy atom. The van der Waals surface area contributed by atoms with Crippen LogP contribution in [0.4, 0.5) is 0 Å². The molecule has 0 atom stereocenters. The van der Waals surface area contributed by atoms with E-state index in [9.17, 15) is 0 Å². The number of hydrogen-bond acceptors (Lipinski definition) is 0. The molecule has 0 heterocycles. The molecular formula is C12H11BP. The van der Waals surface area contributed by atoms with Gasteiger partial charge < -0.3 is 0 Å². The van der Waals surface area contributed by atoms with E-state index in [4.69, 9.17) is 0 Å². The van der Waals surface area contributed by atoms with Crippen LogP contribution in [0.2, 0.25) is 0 Å². The molecule has 0 aliphatic heterocycles. The molecular weight excluding hydrogens is 186 g/mol. The fourth-order valence-electron chi connectivity index (χ4n) is 1.21. The average Bonchev–Trinajstić information content (AvgIpc) is 2.21. The first-order valence-electron chi connectivity index (χ1n) is 4.32. The Hall–Kier alpha value is -1.07. The zero-order valence-corrected chi connectivity index (χ0v) is 8.85. The van der Waals surface area contributed by atoms with Crippen molar-refractivity contribution in [3.63, 3.8) is 0 Å². The minimum atomic E-state index is 0. The molecule has 0 nitrogen and oxygen atoms in total. The second kappa shape index (κ2) is 5.62. The molecule has 2 aromatic rings. The third kappa shape index (κ3) is 3.01. The summed E-state index contributed by atoms with van der Waals surface area (Å²) >= 11 is 0. The topological polar surface area (TPSA) is 0 Å². The lowest BCUT2D eigenvalue weighted by Gasteiger charge is -2.00. The molecule has 0 fully saturated rings. The summed E-state index contributed by atoms with van der Waals surface area (Å²) in [6.45, 7) is 0. The fourth-order valence-corrected chi connectivity index (χ4v) is 2.26. The first kappa shape index (κ1) is 11.0. The van der Waals surface area contributed by atoms with Crippen LogP contribution in [0, 0.1) is 0 Å². The van der Waals surface area contributed by atoms with Crippen LogP contribution in [0.1, 0.15) is 0 Å². The maximum absolute atomic E-state index is 2.17. The molecule has 0 N–H and O–H groups in total. The molecule has 14 heavy (non-hydrogen) atoms. The zero-order chi connectivity index (χ0) is 8.93. The molecule has 3 radical (unpaired) electrons. The van der Waals surface area contributed by atoms with Crippen molar-refractivity contribution in [2.45, 2.75) is 0 Å². The van der Waals surface area contributed by atoms with E-state index in [0.29, 0.717) is 0 Å². The minimum Gasteiger partial charge on any atom is -0.0622 e. The molecule has 67 valence electrons. The Kier molecular flexibility index (Phi) is 4.42. The van der Waals surface area contributed by atoms with Gasteiger partial charge in [0.1, 0.15) is 0 Å². The Morgan fingerprint density at radius 1 is 0.571 bits per heavy atom.